The first-order valence-corrected chi connectivity index (χ1v) is 13.0. The molecular weight excluding hydrogens is 454 g/mol. The lowest BCUT2D eigenvalue weighted by Crippen LogP contribution is -2.48. The number of anilines is 1. The average Bonchev–Trinajstić information content (AvgIpc) is 2.90. The van der Waals surface area contributed by atoms with Crippen LogP contribution in [0.2, 0.25) is 0 Å². The van der Waals surface area contributed by atoms with Gasteiger partial charge in [0.25, 0.3) is 5.91 Å². The van der Waals surface area contributed by atoms with Crippen molar-refractivity contribution in [2.24, 2.45) is 5.92 Å². The molecule has 2 fully saturated rings. The Kier molecular flexibility index (Phi) is 9.01. The molecule has 0 aromatic heterocycles. The highest BCUT2D eigenvalue weighted by Crippen LogP contribution is 2.22. The summed E-state index contributed by atoms with van der Waals surface area (Å²) in [6.07, 6.45) is 6.32. The Morgan fingerprint density at radius 2 is 1.72 bits per heavy atom. The molecule has 4 rings (SSSR count). The van der Waals surface area contributed by atoms with Gasteiger partial charge in [-0.25, -0.2) is 4.79 Å². The minimum absolute atomic E-state index is 0.00572. The predicted molar refractivity (Wildman–Crippen MR) is 143 cm³/mol. The van der Waals surface area contributed by atoms with Gasteiger partial charge in [0.1, 0.15) is 5.75 Å². The summed E-state index contributed by atoms with van der Waals surface area (Å²) in [4.78, 5) is 30.3. The molecule has 1 N–H and O–H groups in total. The molecule has 192 valence electrons. The fourth-order valence-electron chi connectivity index (χ4n) is 4.98. The summed E-state index contributed by atoms with van der Waals surface area (Å²) in [5, 5.41) is 8.74. The Balaban J connectivity index is 1.19. The van der Waals surface area contributed by atoms with Gasteiger partial charge in [-0.15, -0.1) is 0 Å². The highest BCUT2D eigenvalue weighted by molar-refractivity contribution is 5.94. The van der Waals surface area contributed by atoms with Crippen LogP contribution in [0.5, 0.6) is 5.75 Å². The minimum atomic E-state index is -0.992. The van der Waals surface area contributed by atoms with E-state index in [0.29, 0.717) is 18.7 Å². The van der Waals surface area contributed by atoms with E-state index < -0.39 is 5.97 Å². The second kappa shape index (κ2) is 12.6. The van der Waals surface area contributed by atoms with E-state index in [1.54, 1.807) is 24.3 Å². The van der Waals surface area contributed by atoms with Crippen LogP contribution in [0.1, 0.15) is 42.1 Å². The molecule has 2 aliphatic rings. The van der Waals surface area contributed by atoms with Crippen molar-refractivity contribution < 1.29 is 19.4 Å². The molecule has 0 radical (unpaired) electrons. The number of likely N-dealkylation sites (tertiary alicyclic amines) is 1. The van der Waals surface area contributed by atoms with E-state index in [0.717, 1.165) is 61.7 Å². The maximum atomic E-state index is 12.9. The third-order valence-corrected chi connectivity index (χ3v) is 6.97. The van der Waals surface area contributed by atoms with Crippen LogP contribution in [0, 0.1) is 5.92 Å². The van der Waals surface area contributed by atoms with Crippen LogP contribution in [0.4, 0.5) is 5.69 Å². The molecule has 0 saturated carbocycles. The number of carboxylic acid groups (broad SMARTS) is 1. The molecular formula is C29H37N3O4. The first-order valence-electron chi connectivity index (χ1n) is 13.0. The van der Waals surface area contributed by atoms with Crippen LogP contribution < -0.4 is 9.64 Å². The zero-order chi connectivity index (χ0) is 25.3. The summed E-state index contributed by atoms with van der Waals surface area (Å²) in [6, 6.07) is 15.3. The largest absolute Gasteiger partial charge is 0.494 e. The van der Waals surface area contributed by atoms with Gasteiger partial charge in [-0.05, 0) is 79.8 Å². The number of carbonyl (C=O) groups excluding carboxylic acids is 1. The first kappa shape index (κ1) is 25.8. The molecule has 1 unspecified atom stereocenters. The van der Waals surface area contributed by atoms with Crippen LogP contribution in [0.25, 0.3) is 6.08 Å². The van der Waals surface area contributed by atoms with Gasteiger partial charge in [-0.1, -0.05) is 19.1 Å². The van der Waals surface area contributed by atoms with E-state index in [9.17, 15) is 9.59 Å². The van der Waals surface area contributed by atoms with Crippen LogP contribution in [0.3, 0.4) is 0 Å². The van der Waals surface area contributed by atoms with Crippen molar-refractivity contribution in [3.8, 4) is 5.75 Å². The standard InChI is InChI=1S/C29H37N3O4/c1-23-4-2-15-30(22-23)16-3-21-36-27-12-10-26(11-13-27)31-17-19-32(20-18-31)29(35)25-8-5-24(6-9-25)7-14-28(33)34/h5-14,23H,2-4,15-22H2,1H3,(H,33,34). The van der Waals surface area contributed by atoms with E-state index in [4.69, 9.17) is 9.84 Å². The fraction of sp³-hybridized carbons (Fsp3) is 0.448. The highest BCUT2D eigenvalue weighted by Gasteiger charge is 2.22. The lowest BCUT2D eigenvalue weighted by Gasteiger charge is -2.36. The monoisotopic (exact) mass is 491 g/mol. The number of piperazine rings is 1. The zero-order valence-corrected chi connectivity index (χ0v) is 21.1. The number of benzene rings is 2. The van der Waals surface area contributed by atoms with Gasteiger partial charge < -0.3 is 24.5 Å². The molecule has 36 heavy (non-hydrogen) atoms. The number of rotatable bonds is 9. The summed E-state index contributed by atoms with van der Waals surface area (Å²) < 4.78 is 5.97. The molecule has 7 heteroatoms. The summed E-state index contributed by atoms with van der Waals surface area (Å²) in [7, 11) is 0. The second-order valence-electron chi connectivity index (χ2n) is 9.82. The molecule has 1 amide bonds. The van der Waals surface area contributed by atoms with Gasteiger partial charge >= 0.3 is 5.97 Å². The van der Waals surface area contributed by atoms with Gasteiger partial charge in [-0.3, -0.25) is 4.79 Å². The average molecular weight is 492 g/mol. The number of hydrogen-bond acceptors (Lipinski definition) is 5. The van der Waals surface area contributed by atoms with Crippen molar-refractivity contribution in [3.63, 3.8) is 0 Å². The van der Waals surface area contributed by atoms with Crippen molar-refractivity contribution >= 4 is 23.6 Å². The lowest BCUT2D eigenvalue weighted by molar-refractivity contribution is -0.131. The fourth-order valence-corrected chi connectivity index (χ4v) is 4.98. The quantitative estimate of drug-likeness (QED) is 0.418. The van der Waals surface area contributed by atoms with E-state index >= 15 is 0 Å². The molecule has 2 aromatic carbocycles. The second-order valence-corrected chi connectivity index (χ2v) is 9.82. The molecule has 2 saturated heterocycles. The van der Waals surface area contributed by atoms with Crippen LogP contribution in [0.15, 0.2) is 54.6 Å². The Morgan fingerprint density at radius 1 is 1.00 bits per heavy atom. The molecule has 2 aromatic rings. The molecule has 0 spiro atoms. The van der Waals surface area contributed by atoms with Gasteiger partial charge in [0.15, 0.2) is 0 Å². The zero-order valence-electron chi connectivity index (χ0n) is 21.1. The van der Waals surface area contributed by atoms with E-state index in [2.05, 4.69) is 28.9 Å². The molecule has 0 bridgehead atoms. The van der Waals surface area contributed by atoms with Crippen molar-refractivity contribution in [1.29, 1.82) is 0 Å². The number of carbonyl (C=O) groups is 2. The summed E-state index contributed by atoms with van der Waals surface area (Å²) in [6.45, 7) is 9.49. The van der Waals surface area contributed by atoms with Gasteiger partial charge in [0.05, 0.1) is 6.61 Å². The molecule has 0 aliphatic carbocycles. The number of nitrogens with zero attached hydrogens (tertiary/aromatic N) is 3. The Labute approximate surface area is 214 Å². The lowest BCUT2D eigenvalue weighted by atomic mass is 10.0. The highest BCUT2D eigenvalue weighted by atomic mass is 16.5. The summed E-state index contributed by atoms with van der Waals surface area (Å²) >= 11 is 0. The Hall–Kier alpha value is -3.32. The van der Waals surface area contributed by atoms with Crippen molar-refractivity contribution in [2.75, 3.05) is 57.3 Å². The maximum Gasteiger partial charge on any atom is 0.328 e. The molecule has 2 aliphatic heterocycles. The first-order chi connectivity index (χ1) is 17.5. The topological polar surface area (TPSA) is 73.3 Å². The van der Waals surface area contributed by atoms with Crippen molar-refractivity contribution in [2.45, 2.75) is 26.2 Å². The van der Waals surface area contributed by atoms with Gasteiger partial charge in [0, 0.05) is 56.6 Å². The summed E-state index contributed by atoms with van der Waals surface area (Å²) in [5.74, 6) is 0.730. The number of amides is 1. The SMILES string of the molecule is CC1CCCN(CCCOc2ccc(N3CCN(C(=O)c4ccc(C=CC(=O)O)cc4)CC3)cc2)C1. The predicted octanol–water partition coefficient (Wildman–Crippen LogP) is 4.25. The molecule has 2 heterocycles. The van der Waals surface area contributed by atoms with Crippen molar-refractivity contribution in [3.05, 3.63) is 65.7 Å². The molecule has 1 atom stereocenters. The van der Waals surface area contributed by atoms with Crippen LogP contribution in [-0.2, 0) is 4.79 Å². The third-order valence-electron chi connectivity index (χ3n) is 6.97. The normalized spacial score (nSPS) is 19.0. The number of hydrogen-bond donors (Lipinski definition) is 1. The van der Waals surface area contributed by atoms with Gasteiger partial charge in [-0.2, -0.15) is 0 Å². The summed E-state index contributed by atoms with van der Waals surface area (Å²) in [5.41, 5.74) is 2.52. The number of piperidine rings is 1. The van der Waals surface area contributed by atoms with Crippen LogP contribution in [-0.4, -0.2) is 79.2 Å². The van der Waals surface area contributed by atoms with Crippen molar-refractivity contribution in [1.82, 2.24) is 9.80 Å². The van der Waals surface area contributed by atoms with E-state index in [-0.39, 0.29) is 5.91 Å². The maximum absolute atomic E-state index is 12.9. The molecule has 7 nitrogen and oxygen atoms in total. The van der Waals surface area contributed by atoms with E-state index in [1.165, 1.54) is 32.0 Å². The number of carboxylic acids is 1. The van der Waals surface area contributed by atoms with Crippen LogP contribution >= 0.6 is 0 Å². The van der Waals surface area contributed by atoms with Gasteiger partial charge in [0.2, 0.25) is 0 Å². The number of ether oxygens (including phenoxy) is 1. The minimum Gasteiger partial charge on any atom is -0.494 e. The number of aliphatic carboxylic acids is 1. The Morgan fingerprint density at radius 3 is 2.39 bits per heavy atom. The Bertz CT molecular complexity index is 1030. The smallest absolute Gasteiger partial charge is 0.328 e. The third kappa shape index (κ3) is 7.34. The van der Waals surface area contributed by atoms with E-state index in [1.807, 2.05) is 17.0 Å².